The molecule has 0 atom stereocenters. The molecular weight excluding hydrogens is 204 g/mol. The molecule has 0 aromatic rings. The summed E-state index contributed by atoms with van der Waals surface area (Å²) in [5.74, 6) is 0. The third-order valence-electron chi connectivity index (χ3n) is 2.29. The van der Waals surface area contributed by atoms with Gasteiger partial charge in [0.2, 0.25) is 0 Å². The molecule has 0 unspecified atom stereocenters. The summed E-state index contributed by atoms with van der Waals surface area (Å²) in [6.07, 6.45) is 6.57. The maximum Gasteiger partial charge on any atom is 0.314 e. The van der Waals surface area contributed by atoms with E-state index in [1.54, 1.807) is 0 Å². The highest BCUT2D eigenvalue weighted by molar-refractivity contribution is 5.73. The fourth-order valence-electron chi connectivity index (χ4n) is 1.46. The lowest BCUT2D eigenvalue weighted by Crippen LogP contribution is -2.39. The largest absolute Gasteiger partial charge is 0.396 e. The summed E-state index contributed by atoms with van der Waals surface area (Å²) >= 11 is 0. The Morgan fingerprint density at radius 2 is 1.62 bits per heavy atom. The Morgan fingerprint density at radius 1 is 1.06 bits per heavy atom. The minimum Gasteiger partial charge on any atom is -0.396 e. The second-order valence-corrected chi connectivity index (χ2v) is 4.40. The summed E-state index contributed by atoms with van der Waals surface area (Å²) < 4.78 is 0. The molecule has 16 heavy (non-hydrogen) atoms. The van der Waals surface area contributed by atoms with Crippen molar-refractivity contribution in [3.05, 3.63) is 0 Å². The Balaban J connectivity index is 3.11. The second kappa shape index (κ2) is 10.7. The van der Waals surface area contributed by atoms with Gasteiger partial charge in [-0.1, -0.05) is 25.7 Å². The number of aliphatic hydroxyl groups excluding tert-OH is 1. The number of carbonyl (C=O) groups excluding carboxylic acids is 1. The number of carbonyl (C=O) groups is 1. The van der Waals surface area contributed by atoms with E-state index in [0.29, 0.717) is 6.61 Å². The first-order chi connectivity index (χ1) is 7.66. The average molecular weight is 230 g/mol. The van der Waals surface area contributed by atoms with Crippen LogP contribution in [0.4, 0.5) is 4.79 Å². The molecule has 0 aliphatic carbocycles. The Labute approximate surface area is 98.8 Å². The second-order valence-electron chi connectivity index (χ2n) is 4.40. The molecule has 0 rings (SSSR count). The van der Waals surface area contributed by atoms with Crippen LogP contribution in [0.1, 0.15) is 52.4 Å². The van der Waals surface area contributed by atoms with Crippen LogP contribution in [-0.4, -0.2) is 30.3 Å². The summed E-state index contributed by atoms with van der Waals surface area (Å²) in [4.78, 5) is 11.2. The number of amides is 2. The molecule has 0 aliphatic rings. The summed E-state index contributed by atoms with van der Waals surface area (Å²) in [5.41, 5.74) is 0. The molecule has 4 heteroatoms. The van der Waals surface area contributed by atoms with Crippen LogP contribution in [0.2, 0.25) is 0 Å². The van der Waals surface area contributed by atoms with E-state index in [4.69, 9.17) is 5.11 Å². The monoisotopic (exact) mass is 230 g/mol. The van der Waals surface area contributed by atoms with Crippen LogP contribution >= 0.6 is 0 Å². The number of hydrogen-bond donors (Lipinski definition) is 3. The number of rotatable bonds is 9. The van der Waals surface area contributed by atoms with Crippen molar-refractivity contribution in [1.29, 1.82) is 0 Å². The van der Waals surface area contributed by atoms with Gasteiger partial charge in [0.15, 0.2) is 0 Å². The van der Waals surface area contributed by atoms with Gasteiger partial charge in [0.1, 0.15) is 0 Å². The van der Waals surface area contributed by atoms with Crippen molar-refractivity contribution in [3.63, 3.8) is 0 Å². The van der Waals surface area contributed by atoms with Gasteiger partial charge < -0.3 is 15.7 Å². The zero-order chi connectivity index (χ0) is 12.2. The highest BCUT2D eigenvalue weighted by atomic mass is 16.2. The minimum absolute atomic E-state index is 0.0738. The van der Waals surface area contributed by atoms with E-state index in [9.17, 15) is 4.79 Å². The maximum atomic E-state index is 11.2. The van der Waals surface area contributed by atoms with Crippen LogP contribution in [0.3, 0.4) is 0 Å². The standard InChI is InChI=1S/C12H26N2O2/c1-11(2)14-12(16)13-9-7-5-3-4-6-8-10-15/h11,15H,3-10H2,1-2H3,(H2,13,14,16). The van der Waals surface area contributed by atoms with Crippen molar-refractivity contribution in [3.8, 4) is 0 Å². The van der Waals surface area contributed by atoms with Crippen molar-refractivity contribution in [1.82, 2.24) is 10.6 Å². The van der Waals surface area contributed by atoms with Crippen molar-refractivity contribution in [2.75, 3.05) is 13.2 Å². The van der Waals surface area contributed by atoms with Gasteiger partial charge >= 0.3 is 6.03 Å². The smallest absolute Gasteiger partial charge is 0.314 e. The van der Waals surface area contributed by atoms with Crippen LogP contribution in [0.15, 0.2) is 0 Å². The number of nitrogens with one attached hydrogen (secondary N) is 2. The molecule has 96 valence electrons. The Morgan fingerprint density at radius 3 is 2.19 bits per heavy atom. The lowest BCUT2D eigenvalue weighted by molar-refractivity contribution is 0.238. The summed E-state index contributed by atoms with van der Waals surface area (Å²) in [7, 11) is 0. The average Bonchev–Trinajstić information content (AvgIpc) is 2.21. The molecule has 0 radical (unpaired) electrons. The molecule has 3 N–H and O–H groups in total. The van der Waals surface area contributed by atoms with Gasteiger partial charge in [0.05, 0.1) is 0 Å². The van der Waals surface area contributed by atoms with Gasteiger partial charge in [0, 0.05) is 19.2 Å². The zero-order valence-electron chi connectivity index (χ0n) is 10.6. The molecular formula is C12H26N2O2. The van der Waals surface area contributed by atoms with Gasteiger partial charge in [-0.3, -0.25) is 0 Å². The van der Waals surface area contributed by atoms with Crippen LogP contribution in [0.5, 0.6) is 0 Å². The Kier molecular flexibility index (Phi) is 10.2. The lowest BCUT2D eigenvalue weighted by atomic mass is 10.1. The van der Waals surface area contributed by atoms with E-state index in [-0.39, 0.29) is 12.1 Å². The van der Waals surface area contributed by atoms with Gasteiger partial charge in [-0.15, -0.1) is 0 Å². The molecule has 0 bridgehead atoms. The molecule has 0 aromatic heterocycles. The van der Waals surface area contributed by atoms with Crippen LogP contribution in [0.25, 0.3) is 0 Å². The van der Waals surface area contributed by atoms with Gasteiger partial charge in [-0.2, -0.15) is 0 Å². The summed E-state index contributed by atoms with van der Waals surface area (Å²) in [6.45, 7) is 4.94. The number of urea groups is 1. The summed E-state index contributed by atoms with van der Waals surface area (Å²) in [5, 5.41) is 14.2. The molecule has 0 fully saturated rings. The third kappa shape index (κ3) is 11.3. The van der Waals surface area contributed by atoms with Crippen molar-refractivity contribution in [2.45, 2.75) is 58.4 Å². The SMILES string of the molecule is CC(C)NC(=O)NCCCCCCCCO. The molecule has 0 aliphatic heterocycles. The first kappa shape index (κ1) is 15.2. The van der Waals surface area contributed by atoms with Crippen LogP contribution in [-0.2, 0) is 0 Å². The molecule has 0 saturated heterocycles. The first-order valence-corrected chi connectivity index (χ1v) is 6.32. The highest BCUT2D eigenvalue weighted by Crippen LogP contribution is 2.04. The van der Waals surface area contributed by atoms with Crippen LogP contribution < -0.4 is 10.6 Å². The number of hydrogen-bond acceptors (Lipinski definition) is 2. The van der Waals surface area contributed by atoms with Crippen molar-refractivity contribution < 1.29 is 9.90 Å². The van der Waals surface area contributed by atoms with E-state index in [0.717, 1.165) is 32.2 Å². The molecule has 2 amide bonds. The predicted octanol–water partition coefficient (Wildman–Crippen LogP) is 2.03. The van der Waals surface area contributed by atoms with Gasteiger partial charge in [0.25, 0.3) is 0 Å². The minimum atomic E-state index is -0.0738. The van der Waals surface area contributed by atoms with Crippen molar-refractivity contribution in [2.24, 2.45) is 0 Å². The van der Waals surface area contributed by atoms with Crippen molar-refractivity contribution >= 4 is 6.03 Å². The molecule has 0 saturated carbocycles. The topological polar surface area (TPSA) is 61.4 Å². The Bertz CT molecular complexity index is 172. The van der Waals surface area contributed by atoms with E-state index >= 15 is 0 Å². The fraction of sp³-hybridized carbons (Fsp3) is 0.917. The molecule has 0 spiro atoms. The molecule has 0 aromatic carbocycles. The van der Waals surface area contributed by atoms with Crippen LogP contribution in [0, 0.1) is 0 Å². The fourth-order valence-corrected chi connectivity index (χ4v) is 1.46. The zero-order valence-corrected chi connectivity index (χ0v) is 10.6. The molecule has 0 heterocycles. The van der Waals surface area contributed by atoms with E-state index < -0.39 is 0 Å². The quantitative estimate of drug-likeness (QED) is 0.531. The number of unbranched alkanes of at least 4 members (excludes halogenated alkanes) is 5. The summed E-state index contributed by atoms with van der Waals surface area (Å²) in [6, 6.07) is 0.119. The predicted molar refractivity (Wildman–Crippen MR) is 66.5 cm³/mol. The van der Waals surface area contributed by atoms with Gasteiger partial charge in [-0.05, 0) is 26.7 Å². The number of aliphatic hydroxyl groups is 1. The molecule has 4 nitrogen and oxygen atoms in total. The lowest BCUT2D eigenvalue weighted by Gasteiger charge is -2.09. The first-order valence-electron chi connectivity index (χ1n) is 6.32. The maximum absolute atomic E-state index is 11.2. The third-order valence-corrected chi connectivity index (χ3v) is 2.29. The van der Waals surface area contributed by atoms with E-state index in [2.05, 4.69) is 10.6 Å². The Hall–Kier alpha value is -0.770. The van der Waals surface area contributed by atoms with E-state index in [1.807, 2.05) is 13.8 Å². The van der Waals surface area contributed by atoms with Gasteiger partial charge in [-0.25, -0.2) is 4.79 Å². The van der Waals surface area contributed by atoms with E-state index in [1.165, 1.54) is 12.8 Å². The normalized spacial score (nSPS) is 10.5. The highest BCUT2D eigenvalue weighted by Gasteiger charge is 2.00.